The Morgan fingerprint density at radius 1 is 1.07 bits per heavy atom. The number of anilines is 1. The van der Waals surface area contributed by atoms with Crippen LogP contribution in [0.1, 0.15) is 18.1 Å². The Hall–Kier alpha value is -3.87. The molecule has 4 amide bonds. The Balaban J connectivity index is 1.97. The zero-order chi connectivity index (χ0) is 21.7. The van der Waals surface area contributed by atoms with Crippen molar-refractivity contribution in [1.29, 1.82) is 0 Å². The van der Waals surface area contributed by atoms with Crippen molar-refractivity contribution in [2.75, 3.05) is 18.1 Å². The smallest absolute Gasteiger partial charge is 0.335 e. The van der Waals surface area contributed by atoms with Crippen LogP contribution in [0.3, 0.4) is 0 Å². The second-order valence-electron chi connectivity index (χ2n) is 6.54. The van der Waals surface area contributed by atoms with Gasteiger partial charge >= 0.3 is 6.03 Å². The Labute approximate surface area is 174 Å². The molecule has 0 aromatic heterocycles. The van der Waals surface area contributed by atoms with Crippen LogP contribution in [-0.4, -0.2) is 31.1 Å². The number of urea groups is 1. The summed E-state index contributed by atoms with van der Waals surface area (Å²) in [5, 5.41) is 2.22. The number of hydrogen-bond acceptors (Lipinski definition) is 5. The highest BCUT2D eigenvalue weighted by molar-refractivity contribution is 6.39. The van der Waals surface area contributed by atoms with Gasteiger partial charge in [0.05, 0.1) is 12.3 Å². The maximum absolute atomic E-state index is 13.0. The molecule has 7 nitrogen and oxygen atoms in total. The van der Waals surface area contributed by atoms with Crippen molar-refractivity contribution in [2.45, 2.75) is 13.8 Å². The van der Waals surface area contributed by atoms with Gasteiger partial charge in [-0.05, 0) is 55.3 Å². The third-order valence-electron chi connectivity index (χ3n) is 4.30. The number of ether oxygens (including phenoxy) is 2. The van der Waals surface area contributed by atoms with Crippen LogP contribution >= 0.6 is 0 Å². The first-order valence-corrected chi connectivity index (χ1v) is 9.43. The van der Waals surface area contributed by atoms with E-state index < -0.39 is 17.8 Å². The van der Waals surface area contributed by atoms with Gasteiger partial charge in [0.15, 0.2) is 11.5 Å². The minimum Gasteiger partial charge on any atom is -0.490 e. The first kappa shape index (κ1) is 20.9. The summed E-state index contributed by atoms with van der Waals surface area (Å²) >= 11 is 0. The predicted molar refractivity (Wildman–Crippen MR) is 113 cm³/mol. The molecule has 30 heavy (non-hydrogen) atoms. The Morgan fingerprint density at radius 3 is 2.57 bits per heavy atom. The number of imide groups is 2. The zero-order valence-electron chi connectivity index (χ0n) is 16.8. The number of rotatable bonds is 7. The van der Waals surface area contributed by atoms with Crippen molar-refractivity contribution < 1.29 is 23.9 Å². The molecule has 0 spiro atoms. The summed E-state index contributed by atoms with van der Waals surface area (Å²) in [6.07, 6.45) is 3.04. The number of aryl methyl sites for hydroxylation is 1. The van der Waals surface area contributed by atoms with Crippen molar-refractivity contribution in [3.05, 3.63) is 71.8 Å². The van der Waals surface area contributed by atoms with Gasteiger partial charge in [-0.15, -0.1) is 0 Å². The molecule has 1 heterocycles. The Kier molecular flexibility index (Phi) is 6.32. The monoisotopic (exact) mass is 406 g/mol. The summed E-state index contributed by atoms with van der Waals surface area (Å²) < 4.78 is 11.2. The molecule has 1 saturated heterocycles. The average molecular weight is 406 g/mol. The van der Waals surface area contributed by atoms with Crippen molar-refractivity contribution in [3.8, 4) is 11.5 Å². The Morgan fingerprint density at radius 2 is 1.87 bits per heavy atom. The van der Waals surface area contributed by atoms with Crippen LogP contribution in [0.15, 0.2) is 60.7 Å². The maximum atomic E-state index is 13.0. The van der Waals surface area contributed by atoms with Crippen LogP contribution in [-0.2, 0) is 9.59 Å². The molecule has 0 atom stereocenters. The third-order valence-corrected chi connectivity index (χ3v) is 4.30. The van der Waals surface area contributed by atoms with E-state index in [0.29, 0.717) is 36.0 Å². The largest absolute Gasteiger partial charge is 0.490 e. The molecular weight excluding hydrogens is 384 g/mol. The van der Waals surface area contributed by atoms with E-state index in [1.807, 2.05) is 19.9 Å². The van der Waals surface area contributed by atoms with Crippen molar-refractivity contribution in [2.24, 2.45) is 0 Å². The first-order chi connectivity index (χ1) is 14.4. The third kappa shape index (κ3) is 4.41. The molecule has 0 bridgehead atoms. The van der Waals surface area contributed by atoms with Crippen molar-refractivity contribution >= 4 is 29.6 Å². The van der Waals surface area contributed by atoms with Crippen LogP contribution in [0.2, 0.25) is 0 Å². The summed E-state index contributed by atoms with van der Waals surface area (Å²) in [6.45, 7) is 8.04. The van der Waals surface area contributed by atoms with Gasteiger partial charge in [0, 0.05) is 0 Å². The van der Waals surface area contributed by atoms with Crippen molar-refractivity contribution in [3.63, 3.8) is 0 Å². The standard InChI is InChI=1S/C23H22N2O5/c1-4-11-30-19-10-9-16(14-20(19)29-5-2)13-18-21(26)24-23(28)25(22(18)27)17-8-6-7-15(3)12-17/h4,6-10,12-14H,1,5,11H2,2-3H3,(H,24,26,28)/b18-13+. The minimum atomic E-state index is -0.782. The molecule has 2 aromatic rings. The van der Waals surface area contributed by atoms with Crippen LogP contribution in [0, 0.1) is 6.92 Å². The average Bonchev–Trinajstić information content (AvgIpc) is 2.70. The van der Waals surface area contributed by atoms with E-state index in [0.717, 1.165) is 10.5 Å². The van der Waals surface area contributed by atoms with Crippen molar-refractivity contribution in [1.82, 2.24) is 5.32 Å². The van der Waals surface area contributed by atoms with E-state index in [1.54, 1.807) is 42.5 Å². The van der Waals surface area contributed by atoms with Crippen LogP contribution in [0.5, 0.6) is 11.5 Å². The molecule has 3 rings (SSSR count). The van der Waals surface area contributed by atoms with E-state index in [9.17, 15) is 14.4 Å². The molecule has 1 aliphatic rings. The van der Waals surface area contributed by atoms with Gasteiger partial charge in [-0.3, -0.25) is 14.9 Å². The van der Waals surface area contributed by atoms with Gasteiger partial charge in [-0.1, -0.05) is 30.9 Å². The van der Waals surface area contributed by atoms with Crippen LogP contribution < -0.4 is 19.7 Å². The molecule has 0 saturated carbocycles. The lowest BCUT2D eigenvalue weighted by Crippen LogP contribution is -2.54. The molecule has 0 radical (unpaired) electrons. The van der Waals surface area contributed by atoms with E-state index in [2.05, 4.69) is 11.9 Å². The summed E-state index contributed by atoms with van der Waals surface area (Å²) in [7, 11) is 0. The van der Waals surface area contributed by atoms with Gasteiger partial charge in [-0.25, -0.2) is 9.69 Å². The highest BCUT2D eigenvalue weighted by Gasteiger charge is 2.36. The number of hydrogen-bond donors (Lipinski definition) is 1. The molecule has 0 unspecified atom stereocenters. The lowest BCUT2D eigenvalue weighted by molar-refractivity contribution is -0.122. The fourth-order valence-electron chi connectivity index (χ4n) is 2.98. The van der Waals surface area contributed by atoms with Crippen LogP contribution in [0.4, 0.5) is 10.5 Å². The van der Waals surface area contributed by atoms with Gasteiger partial charge in [0.1, 0.15) is 12.2 Å². The SMILES string of the molecule is C=CCOc1ccc(/C=C2\C(=O)NC(=O)N(c3cccc(C)c3)C2=O)cc1OCC. The highest BCUT2D eigenvalue weighted by Crippen LogP contribution is 2.30. The summed E-state index contributed by atoms with van der Waals surface area (Å²) in [5.74, 6) is -0.447. The minimum absolute atomic E-state index is 0.154. The number of carbonyl (C=O) groups excluding carboxylic acids is 3. The normalized spacial score (nSPS) is 15.2. The summed E-state index contributed by atoms with van der Waals surface area (Å²) in [4.78, 5) is 38.6. The molecule has 2 aromatic carbocycles. The molecule has 7 heteroatoms. The lowest BCUT2D eigenvalue weighted by atomic mass is 10.1. The van der Waals surface area contributed by atoms with Gasteiger partial charge in [0.25, 0.3) is 11.8 Å². The summed E-state index contributed by atoms with van der Waals surface area (Å²) in [5.41, 5.74) is 1.67. The molecule has 0 aliphatic carbocycles. The maximum Gasteiger partial charge on any atom is 0.335 e. The van der Waals surface area contributed by atoms with E-state index in [4.69, 9.17) is 9.47 Å². The molecule has 154 valence electrons. The number of nitrogens with zero attached hydrogens (tertiary/aromatic N) is 1. The second kappa shape index (κ2) is 9.09. The Bertz CT molecular complexity index is 1040. The molecule has 1 fully saturated rings. The fraction of sp³-hybridized carbons (Fsp3) is 0.174. The molecule has 1 N–H and O–H groups in total. The van der Waals surface area contributed by atoms with Gasteiger partial charge < -0.3 is 9.47 Å². The number of carbonyl (C=O) groups is 3. The number of nitrogens with one attached hydrogen (secondary N) is 1. The molecular formula is C23H22N2O5. The highest BCUT2D eigenvalue weighted by atomic mass is 16.5. The topological polar surface area (TPSA) is 84.9 Å². The molecule has 1 aliphatic heterocycles. The van der Waals surface area contributed by atoms with Gasteiger partial charge in [-0.2, -0.15) is 0 Å². The second-order valence-corrected chi connectivity index (χ2v) is 6.54. The van der Waals surface area contributed by atoms with Crippen LogP contribution in [0.25, 0.3) is 6.08 Å². The van der Waals surface area contributed by atoms with Gasteiger partial charge in [0.2, 0.25) is 0 Å². The number of barbiturate groups is 1. The van der Waals surface area contributed by atoms with E-state index in [1.165, 1.54) is 6.08 Å². The first-order valence-electron chi connectivity index (χ1n) is 9.43. The number of benzene rings is 2. The fourth-order valence-corrected chi connectivity index (χ4v) is 2.98. The quantitative estimate of drug-likeness (QED) is 0.431. The lowest BCUT2D eigenvalue weighted by Gasteiger charge is -2.26. The predicted octanol–water partition coefficient (Wildman–Crippen LogP) is 3.62. The van der Waals surface area contributed by atoms with E-state index in [-0.39, 0.29) is 5.57 Å². The zero-order valence-corrected chi connectivity index (χ0v) is 16.8. The van der Waals surface area contributed by atoms with E-state index >= 15 is 0 Å². The summed E-state index contributed by atoms with van der Waals surface area (Å²) in [6, 6.07) is 11.2. The number of amides is 4.